The summed E-state index contributed by atoms with van der Waals surface area (Å²) >= 11 is 0. The Morgan fingerprint density at radius 3 is 2.12 bits per heavy atom. The summed E-state index contributed by atoms with van der Waals surface area (Å²) in [5.41, 5.74) is 2.26. The molecule has 1 saturated carbocycles. The average Bonchev–Trinajstić information content (AvgIpc) is 2.58. The fourth-order valence-corrected chi connectivity index (χ4v) is 3.44. The third-order valence-electron chi connectivity index (χ3n) is 4.98. The first-order valence-electron chi connectivity index (χ1n) is 8.22. The Kier molecular flexibility index (Phi) is 5.98. The molecule has 3 rings (SSSR count). The van der Waals surface area contributed by atoms with Crippen LogP contribution in [0.1, 0.15) is 52.9 Å². The molecule has 0 aromatic heterocycles. The van der Waals surface area contributed by atoms with E-state index in [0.717, 1.165) is 5.92 Å². The van der Waals surface area contributed by atoms with Crippen molar-refractivity contribution in [3.05, 3.63) is 53.6 Å². The second-order valence-corrected chi connectivity index (χ2v) is 6.52. The number of methoxy groups -OCH3 is 1. The van der Waals surface area contributed by atoms with Crippen molar-refractivity contribution in [3.63, 3.8) is 0 Å². The van der Waals surface area contributed by atoms with Crippen molar-refractivity contribution in [2.45, 2.75) is 46.0 Å². The van der Waals surface area contributed by atoms with E-state index in [1.807, 2.05) is 12.1 Å². The van der Waals surface area contributed by atoms with Crippen LogP contribution in [-0.4, -0.2) is 7.11 Å². The lowest BCUT2D eigenvalue weighted by molar-refractivity contribution is 0.348. The van der Waals surface area contributed by atoms with Crippen LogP contribution >= 0.6 is 0 Å². The molecule has 0 bridgehead atoms. The molecule has 24 heavy (non-hydrogen) atoms. The van der Waals surface area contributed by atoms with Gasteiger partial charge in [-0.05, 0) is 47.9 Å². The van der Waals surface area contributed by atoms with Crippen molar-refractivity contribution < 1.29 is 14.9 Å². The number of hydrogen-bond donors (Lipinski definition) is 0. The van der Waals surface area contributed by atoms with Crippen LogP contribution in [0.4, 0.5) is 8.78 Å². The van der Waals surface area contributed by atoms with Gasteiger partial charge in [-0.3, -0.25) is 0 Å². The van der Waals surface area contributed by atoms with Crippen LogP contribution in [0.25, 0.3) is 11.1 Å². The number of benzene rings is 2. The zero-order valence-corrected chi connectivity index (χ0v) is 13.6. The highest BCUT2D eigenvalue weighted by molar-refractivity contribution is 5.65. The molecule has 132 valence electrons. The number of hydrogen-bond acceptors (Lipinski definition) is 1. The molecule has 0 heterocycles. The van der Waals surface area contributed by atoms with Gasteiger partial charge < -0.3 is 4.74 Å². The number of ether oxygens (including phenoxy) is 1. The van der Waals surface area contributed by atoms with E-state index < -0.39 is 11.6 Å². The van der Waals surface area contributed by atoms with Gasteiger partial charge in [-0.15, -0.1) is 0 Å². The molecule has 2 aromatic rings. The molecule has 0 unspecified atom stereocenters. The van der Waals surface area contributed by atoms with Crippen LogP contribution in [0.15, 0.2) is 36.4 Å². The zero-order chi connectivity index (χ0) is 16.4. The Morgan fingerprint density at radius 2 is 1.54 bits per heavy atom. The molecule has 0 amide bonds. The van der Waals surface area contributed by atoms with E-state index in [0.29, 0.717) is 11.5 Å². The van der Waals surface area contributed by atoms with Gasteiger partial charge in [0.2, 0.25) is 5.82 Å². The van der Waals surface area contributed by atoms with Gasteiger partial charge in [-0.1, -0.05) is 51.5 Å². The van der Waals surface area contributed by atoms with E-state index in [-0.39, 0.29) is 20.2 Å². The third kappa shape index (κ3) is 3.61. The Hall–Kier alpha value is -1.90. The van der Waals surface area contributed by atoms with Gasteiger partial charge in [0.05, 0.1) is 7.11 Å². The maximum absolute atomic E-state index is 14.2. The van der Waals surface area contributed by atoms with Crippen LogP contribution in [0.3, 0.4) is 0 Å². The minimum atomic E-state index is -0.935. The Balaban J connectivity index is 0.00000156. The van der Waals surface area contributed by atoms with Crippen molar-refractivity contribution in [2.24, 2.45) is 5.92 Å². The molecule has 1 aliphatic rings. The van der Waals surface area contributed by atoms with Gasteiger partial charge in [0.15, 0.2) is 11.6 Å². The first-order valence-corrected chi connectivity index (χ1v) is 8.22. The number of halogens is 2. The molecular formula is C21H28F2O. The summed E-state index contributed by atoms with van der Waals surface area (Å²) in [6.45, 7) is 2.31. The first kappa shape index (κ1) is 18.4. The fourth-order valence-electron chi connectivity index (χ4n) is 3.44. The Morgan fingerprint density at radius 1 is 0.917 bits per heavy atom. The molecule has 0 spiro atoms. The van der Waals surface area contributed by atoms with Gasteiger partial charge in [0.25, 0.3) is 0 Å². The van der Waals surface area contributed by atoms with Crippen LogP contribution in [0.2, 0.25) is 0 Å². The molecule has 1 aliphatic carbocycles. The SMILES string of the molecule is C.COc1ccc(-c2ccc(C3CCC(C)CC3)cc2)c(F)c1F.[HH]. The van der Waals surface area contributed by atoms with E-state index in [4.69, 9.17) is 4.74 Å². The smallest absolute Gasteiger partial charge is 0.201 e. The molecule has 1 fully saturated rings. The highest BCUT2D eigenvalue weighted by Gasteiger charge is 2.20. The van der Waals surface area contributed by atoms with Crippen LogP contribution in [0, 0.1) is 17.6 Å². The zero-order valence-electron chi connectivity index (χ0n) is 13.6. The minimum absolute atomic E-state index is 0. The normalized spacial score (nSPS) is 20.3. The van der Waals surface area contributed by atoms with Crippen molar-refractivity contribution in [1.82, 2.24) is 0 Å². The summed E-state index contributed by atoms with van der Waals surface area (Å²) in [5, 5.41) is 0. The Labute approximate surface area is 145 Å². The molecule has 3 heteroatoms. The predicted octanol–water partition coefficient (Wildman–Crippen LogP) is 6.82. The van der Waals surface area contributed by atoms with Crippen LogP contribution in [0.5, 0.6) is 5.75 Å². The van der Waals surface area contributed by atoms with Crippen molar-refractivity contribution in [3.8, 4) is 16.9 Å². The van der Waals surface area contributed by atoms with Gasteiger partial charge in [0.1, 0.15) is 0 Å². The Bertz CT molecular complexity index is 677. The van der Waals surface area contributed by atoms with Crippen LogP contribution < -0.4 is 4.74 Å². The topological polar surface area (TPSA) is 9.23 Å². The lowest BCUT2D eigenvalue weighted by Crippen LogP contribution is -2.10. The maximum atomic E-state index is 14.2. The third-order valence-corrected chi connectivity index (χ3v) is 4.98. The van der Waals surface area contributed by atoms with E-state index in [9.17, 15) is 8.78 Å². The summed E-state index contributed by atoms with van der Waals surface area (Å²) in [7, 11) is 1.33. The quantitative estimate of drug-likeness (QED) is 0.598. The first-order chi connectivity index (χ1) is 11.1. The average molecular weight is 334 g/mol. The van der Waals surface area contributed by atoms with E-state index in [2.05, 4.69) is 19.1 Å². The van der Waals surface area contributed by atoms with E-state index in [1.54, 1.807) is 6.07 Å². The van der Waals surface area contributed by atoms with Gasteiger partial charge in [0, 0.05) is 6.99 Å². The standard InChI is InChI=1S/C20H22F2O.CH4.H2/c1-13-3-5-14(6-4-13)15-7-9-16(10-8-15)17-11-12-18(23-2)20(22)19(17)21;;/h7-14H,3-6H2,1-2H3;1H4;1H. The molecule has 0 aliphatic heterocycles. The molecule has 0 atom stereocenters. The lowest BCUT2D eigenvalue weighted by atomic mass is 9.79. The molecule has 0 N–H and O–H groups in total. The second kappa shape index (κ2) is 7.78. The summed E-state index contributed by atoms with van der Waals surface area (Å²) in [6, 6.07) is 10.9. The van der Waals surface area contributed by atoms with Crippen molar-refractivity contribution in [2.75, 3.05) is 7.11 Å². The largest absolute Gasteiger partial charge is 0.494 e. The van der Waals surface area contributed by atoms with Gasteiger partial charge in [-0.25, -0.2) is 4.39 Å². The molecule has 0 radical (unpaired) electrons. The molecular weight excluding hydrogens is 306 g/mol. The predicted molar refractivity (Wildman–Crippen MR) is 97.6 cm³/mol. The molecule has 2 aromatic carbocycles. The summed E-state index contributed by atoms with van der Waals surface area (Å²) in [4.78, 5) is 0. The summed E-state index contributed by atoms with van der Waals surface area (Å²) in [5.74, 6) is -0.447. The summed E-state index contributed by atoms with van der Waals surface area (Å²) in [6.07, 6.45) is 4.97. The fraction of sp³-hybridized carbons (Fsp3) is 0.429. The highest BCUT2D eigenvalue weighted by atomic mass is 19.2. The lowest BCUT2D eigenvalue weighted by Gasteiger charge is -2.26. The minimum Gasteiger partial charge on any atom is -0.494 e. The summed E-state index contributed by atoms with van der Waals surface area (Å²) < 4.78 is 32.8. The monoisotopic (exact) mass is 334 g/mol. The van der Waals surface area contributed by atoms with Crippen LogP contribution in [-0.2, 0) is 0 Å². The molecule has 0 saturated heterocycles. The highest BCUT2D eigenvalue weighted by Crippen LogP contribution is 2.36. The van der Waals surface area contributed by atoms with E-state index >= 15 is 0 Å². The van der Waals surface area contributed by atoms with Crippen molar-refractivity contribution >= 4 is 0 Å². The maximum Gasteiger partial charge on any atom is 0.201 e. The van der Waals surface area contributed by atoms with Gasteiger partial charge in [-0.2, -0.15) is 4.39 Å². The van der Waals surface area contributed by atoms with Crippen molar-refractivity contribution in [1.29, 1.82) is 0 Å². The van der Waals surface area contributed by atoms with E-state index in [1.165, 1.54) is 44.4 Å². The van der Waals surface area contributed by atoms with Gasteiger partial charge >= 0.3 is 0 Å². The number of rotatable bonds is 3. The molecule has 1 nitrogen and oxygen atoms in total. The second-order valence-electron chi connectivity index (χ2n) is 6.52.